The fourth-order valence-electron chi connectivity index (χ4n) is 1.57. The van der Waals surface area contributed by atoms with Gasteiger partial charge < -0.3 is 4.74 Å². The van der Waals surface area contributed by atoms with E-state index < -0.39 is 0 Å². The van der Waals surface area contributed by atoms with Gasteiger partial charge in [-0.25, -0.2) is 0 Å². The number of rotatable bonds is 7. The number of para-hydroxylation sites is 1. The summed E-state index contributed by atoms with van der Waals surface area (Å²) in [5.74, 6) is 0.941. The summed E-state index contributed by atoms with van der Waals surface area (Å²) in [5.41, 5.74) is 1.26. The van der Waals surface area contributed by atoms with Gasteiger partial charge in [-0.2, -0.15) is 0 Å². The topological polar surface area (TPSA) is 9.23 Å². The Kier molecular flexibility index (Phi) is 5.91. The van der Waals surface area contributed by atoms with E-state index in [9.17, 15) is 0 Å². The van der Waals surface area contributed by atoms with Crippen molar-refractivity contribution in [1.82, 2.24) is 0 Å². The van der Waals surface area contributed by atoms with Gasteiger partial charge in [0, 0.05) is 6.07 Å². The number of benzene rings is 1. The van der Waals surface area contributed by atoms with Crippen molar-refractivity contribution in [3.8, 4) is 5.75 Å². The summed E-state index contributed by atoms with van der Waals surface area (Å²) >= 11 is 0. The summed E-state index contributed by atoms with van der Waals surface area (Å²) in [6, 6.07) is 9.20. The molecule has 0 aliphatic carbocycles. The third-order valence-corrected chi connectivity index (χ3v) is 2.52. The van der Waals surface area contributed by atoms with Gasteiger partial charge in [0.25, 0.3) is 0 Å². The van der Waals surface area contributed by atoms with Crippen molar-refractivity contribution in [2.24, 2.45) is 0 Å². The van der Waals surface area contributed by atoms with Gasteiger partial charge in [-0.15, -0.1) is 0 Å². The van der Waals surface area contributed by atoms with Crippen LogP contribution in [-0.2, 0) is 6.42 Å². The lowest BCUT2D eigenvalue weighted by Crippen LogP contribution is -1.99. The van der Waals surface area contributed by atoms with E-state index in [2.05, 4.69) is 26.0 Å². The summed E-state index contributed by atoms with van der Waals surface area (Å²) in [4.78, 5) is 0. The largest absolute Gasteiger partial charge is 0.493 e. The molecule has 1 aromatic rings. The smallest absolute Gasteiger partial charge is 0.130 e. The van der Waals surface area contributed by atoms with Crippen LogP contribution in [0.4, 0.5) is 0 Å². The van der Waals surface area contributed by atoms with Crippen molar-refractivity contribution in [1.29, 1.82) is 0 Å². The van der Waals surface area contributed by atoms with Crippen LogP contribution in [0.2, 0.25) is 0 Å². The monoisotopic (exact) mass is 205 g/mol. The third-order valence-electron chi connectivity index (χ3n) is 2.52. The van der Waals surface area contributed by atoms with Crippen molar-refractivity contribution in [3.63, 3.8) is 0 Å². The lowest BCUT2D eigenvalue weighted by atomic mass is 10.1. The maximum atomic E-state index is 5.72. The van der Waals surface area contributed by atoms with E-state index in [-0.39, 0.29) is 0 Å². The maximum Gasteiger partial charge on any atom is 0.130 e. The Hall–Kier alpha value is -0.980. The molecular formula is C14H21O. The lowest BCUT2D eigenvalue weighted by Gasteiger charge is -2.09. The Morgan fingerprint density at radius 2 is 2.07 bits per heavy atom. The van der Waals surface area contributed by atoms with Gasteiger partial charge in [0.2, 0.25) is 0 Å². The molecule has 0 aromatic heterocycles. The highest BCUT2D eigenvalue weighted by Gasteiger charge is 2.00. The Morgan fingerprint density at radius 3 is 2.80 bits per heavy atom. The first-order chi connectivity index (χ1) is 7.38. The molecule has 0 heterocycles. The molecule has 1 heteroatoms. The SMILES string of the molecule is CCCCCCOc1[c]cccc1CC. The molecule has 0 aliphatic rings. The van der Waals surface area contributed by atoms with Gasteiger partial charge in [-0.1, -0.05) is 51.3 Å². The van der Waals surface area contributed by atoms with Crippen LogP contribution >= 0.6 is 0 Å². The molecule has 1 rings (SSSR count). The first-order valence-corrected chi connectivity index (χ1v) is 6.00. The number of aryl methyl sites for hydroxylation is 1. The molecule has 1 radical (unpaired) electrons. The average Bonchev–Trinajstić information content (AvgIpc) is 2.29. The standard InChI is InChI=1S/C14H21O/c1-3-5-6-9-12-15-14-11-8-7-10-13(14)4-2/h7-8,10H,3-6,9,12H2,1-2H3. The molecule has 0 unspecified atom stereocenters. The van der Waals surface area contributed by atoms with E-state index >= 15 is 0 Å². The van der Waals surface area contributed by atoms with Crippen LogP contribution in [0.1, 0.15) is 45.1 Å². The number of hydrogen-bond donors (Lipinski definition) is 0. The molecule has 0 N–H and O–H groups in total. The molecule has 0 bridgehead atoms. The predicted molar refractivity (Wildman–Crippen MR) is 64.3 cm³/mol. The first-order valence-electron chi connectivity index (χ1n) is 6.00. The minimum atomic E-state index is 0.827. The Bertz CT molecular complexity index is 268. The Balaban J connectivity index is 2.30. The summed E-state index contributed by atoms with van der Waals surface area (Å²) in [6.45, 7) is 5.20. The highest BCUT2D eigenvalue weighted by molar-refractivity contribution is 5.31. The van der Waals surface area contributed by atoms with Crippen LogP contribution in [-0.4, -0.2) is 6.61 Å². The third kappa shape index (κ3) is 4.37. The molecule has 0 spiro atoms. The molecule has 0 amide bonds. The molecule has 83 valence electrons. The molecule has 0 aliphatic heterocycles. The van der Waals surface area contributed by atoms with E-state index in [0.29, 0.717) is 0 Å². The summed E-state index contributed by atoms with van der Waals surface area (Å²) in [6.07, 6.45) is 6.02. The normalized spacial score (nSPS) is 10.3. The van der Waals surface area contributed by atoms with Crippen LogP contribution in [0.25, 0.3) is 0 Å². The van der Waals surface area contributed by atoms with Crippen molar-refractivity contribution in [3.05, 3.63) is 29.8 Å². The second-order valence-electron chi connectivity index (χ2n) is 3.79. The van der Waals surface area contributed by atoms with E-state index in [0.717, 1.165) is 25.2 Å². The molecule has 0 atom stereocenters. The predicted octanol–water partition coefficient (Wildman–Crippen LogP) is 4.01. The minimum absolute atomic E-state index is 0.827. The van der Waals surface area contributed by atoms with Gasteiger partial charge in [-0.3, -0.25) is 0 Å². The van der Waals surface area contributed by atoms with Crippen molar-refractivity contribution in [2.45, 2.75) is 46.0 Å². The summed E-state index contributed by atoms with van der Waals surface area (Å²) < 4.78 is 5.72. The number of hydrogen-bond acceptors (Lipinski definition) is 1. The summed E-state index contributed by atoms with van der Waals surface area (Å²) in [7, 11) is 0. The second-order valence-corrected chi connectivity index (χ2v) is 3.79. The molecule has 0 saturated carbocycles. The zero-order valence-electron chi connectivity index (χ0n) is 9.88. The van der Waals surface area contributed by atoms with Crippen LogP contribution in [0.15, 0.2) is 18.2 Å². The van der Waals surface area contributed by atoms with E-state index in [1.54, 1.807) is 0 Å². The molecule has 15 heavy (non-hydrogen) atoms. The van der Waals surface area contributed by atoms with Crippen LogP contribution in [0.3, 0.4) is 0 Å². The highest BCUT2D eigenvalue weighted by Crippen LogP contribution is 2.17. The maximum absolute atomic E-state index is 5.72. The van der Waals surface area contributed by atoms with E-state index in [1.807, 2.05) is 12.1 Å². The van der Waals surface area contributed by atoms with E-state index in [1.165, 1.54) is 24.8 Å². The highest BCUT2D eigenvalue weighted by atomic mass is 16.5. The Labute approximate surface area is 93.5 Å². The second kappa shape index (κ2) is 7.33. The fourth-order valence-corrected chi connectivity index (χ4v) is 1.57. The zero-order valence-corrected chi connectivity index (χ0v) is 9.88. The van der Waals surface area contributed by atoms with Gasteiger partial charge in [0.1, 0.15) is 5.75 Å². The minimum Gasteiger partial charge on any atom is -0.493 e. The lowest BCUT2D eigenvalue weighted by molar-refractivity contribution is 0.301. The quantitative estimate of drug-likeness (QED) is 0.611. The molecule has 1 nitrogen and oxygen atoms in total. The first kappa shape index (κ1) is 12.1. The molecule has 0 saturated heterocycles. The number of unbranched alkanes of at least 4 members (excludes halogenated alkanes) is 3. The summed E-state index contributed by atoms with van der Waals surface area (Å²) in [5, 5.41) is 0. The van der Waals surface area contributed by atoms with Crippen LogP contribution < -0.4 is 4.74 Å². The Morgan fingerprint density at radius 1 is 1.20 bits per heavy atom. The van der Waals surface area contributed by atoms with Gasteiger partial charge in [-0.05, 0) is 18.4 Å². The molecular weight excluding hydrogens is 184 g/mol. The fraction of sp³-hybridized carbons (Fsp3) is 0.571. The van der Waals surface area contributed by atoms with Gasteiger partial charge >= 0.3 is 0 Å². The van der Waals surface area contributed by atoms with Crippen molar-refractivity contribution >= 4 is 0 Å². The zero-order chi connectivity index (χ0) is 10.9. The van der Waals surface area contributed by atoms with E-state index in [4.69, 9.17) is 4.74 Å². The van der Waals surface area contributed by atoms with Crippen molar-refractivity contribution in [2.75, 3.05) is 6.61 Å². The molecule has 0 fully saturated rings. The van der Waals surface area contributed by atoms with Crippen LogP contribution in [0.5, 0.6) is 5.75 Å². The number of ether oxygens (including phenoxy) is 1. The van der Waals surface area contributed by atoms with Gasteiger partial charge in [0.05, 0.1) is 6.61 Å². The average molecular weight is 205 g/mol. The van der Waals surface area contributed by atoms with Gasteiger partial charge in [0.15, 0.2) is 0 Å². The molecule has 1 aromatic carbocycles. The van der Waals surface area contributed by atoms with Crippen LogP contribution in [0, 0.1) is 6.07 Å². The van der Waals surface area contributed by atoms with Crippen molar-refractivity contribution < 1.29 is 4.74 Å².